The van der Waals surface area contributed by atoms with Crippen LogP contribution in [-0.4, -0.2) is 0 Å². The minimum absolute atomic E-state index is 0.502. The molecule has 1 N–H and O–H groups in total. The van der Waals surface area contributed by atoms with E-state index in [1.165, 1.54) is 5.56 Å². The maximum absolute atomic E-state index is 6.20. The van der Waals surface area contributed by atoms with E-state index in [0.717, 1.165) is 22.1 Å². The molecule has 0 aliphatic heterocycles. The first-order valence-corrected chi connectivity index (χ1v) is 8.10. The highest BCUT2D eigenvalue weighted by molar-refractivity contribution is 9.10. The van der Waals surface area contributed by atoms with Crippen molar-refractivity contribution < 1.29 is 0 Å². The smallest absolute Gasteiger partial charge is 0.0657 e. The minimum atomic E-state index is 0.502. The molecule has 2 aromatic rings. The largest absolute Gasteiger partial charge is 0.381 e. The highest BCUT2D eigenvalue weighted by Crippen LogP contribution is 2.32. The Bertz CT molecular complexity index is 629. The Morgan fingerprint density at radius 2 is 1.75 bits per heavy atom. The van der Waals surface area contributed by atoms with Crippen molar-refractivity contribution in [1.82, 2.24) is 0 Å². The van der Waals surface area contributed by atoms with Crippen LogP contribution < -0.4 is 5.32 Å². The molecule has 0 spiro atoms. The Morgan fingerprint density at radius 3 is 2.45 bits per heavy atom. The molecule has 0 fully saturated rings. The van der Waals surface area contributed by atoms with Crippen molar-refractivity contribution in [2.24, 2.45) is 0 Å². The van der Waals surface area contributed by atoms with Crippen molar-refractivity contribution in [1.29, 1.82) is 0 Å². The van der Waals surface area contributed by atoms with E-state index < -0.39 is 0 Å². The van der Waals surface area contributed by atoms with Gasteiger partial charge in [-0.1, -0.05) is 57.7 Å². The van der Waals surface area contributed by atoms with Gasteiger partial charge in [0.05, 0.1) is 10.0 Å². The summed E-state index contributed by atoms with van der Waals surface area (Å²) in [5.74, 6) is 0. The van der Waals surface area contributed by atoms with Gasteiger partial charge in [-0.25, -0.2) is 0 Å². The standard InChI is InChI=1S/C15H13BrCl3N/c1-2-9-7-10(16)3-6-14(9)20-8-11-12(17)4-5-13(18)15(11)19/h3-7,20H,2,8H2,1H3. The Kier molecular flexibility index (Phi) is 5.62. The number of anilines is 1. The molecule has 2 rings (SSSR count). The second-order valence-electron chi connectivity index (χ2n) is 4.33. The van der Waals surface area contributed by atoms with E-state index >= 15 is 0 Å². The maximum Gasteiger partial charge on any atom is 0.0657 e. The Labute approximate surface area is 142 Å². The van der Waals surface area contributed by atoms with Gasteiger partial charge in [0.25, 0.3) is 0 Å². The molecule has 0 aliphatic rings. The van der Waals surface area contributed by atoms with Gasteiger partial charge >= 0.3 is 0 Å². The Morgan fingerprint density at radius 1 is 1.05 bits per heavy atom. The summed E-state index contributed by atoms with van der Waals surface area (Å²) >= 11 is 21.9. The lowest BCUT2D eigenvalue weighted by Crippen LogP contribution is -2.03. The number of halogens is 4. The number of hydrogen-bond acceptors (Lipinski definition) is 1. The monoisotopic (exact) mass is 391 g/mol. The summed E-state index contributed by atoms with van der Waals surface area (Å²) in [6.45, 7) is 2.65. The van der Waals surface area contributed by atoms with E-state index in [1.807, 2.05) is 12.1 Å². The van der Waals surface area contributed by atoms with Crippen LogP contribution in [0.5, 0.6) is 0 Å². The zero-order valence-corrected chi connectivity index (χ0v) is 14.7. The van der Waals surface area contributed by atoms with Gasteiger partial charge in [0.15, 0.2) is 0 Å². The van der Waals surface area contributed by atoms with Crippen molar-refractivity contribution in [3.05, 3.63) is 61.0 Å². The van der Waals surface area contributed by atoms with Gasteiger partial charge in [-0.3, -0.25) is 0 Å². The van der Waals surface area contributed by atoms with E-state index in [0.29, 0.717) is 21.6 Å². The predicted octanol–water partition coefficient (Wildman–Crippen LogP) is 6.58. The van der Waals surface area contributed by atoms with E-state index in [1.54, 1.807) is 12.1 Å². The van der Waals surface area contributed by atoms with Gasteiger partial charge in [0, 0.05) is 27.3 Å². The van der Waals surface area contributed by atoms with Gasteiger partial charge < -0.3 is 5.32 Å². The molecule has 0 atom stereocenters. The van der Waals surface area contributed by atoms with Gasteiger partial charge in [-0.05, 0) is 42.3 Å². The number of aryl methyl sites for hydroxylation is 1. The van der Waals surface area contributed by atoms with Gasteiger partial charge in [-0.15, -0.1) is 0 Å². The quantitative estimate of drug-likeness (QED) is 0.578. The zero-order valence-electron chi connectivity index (χ0n) is 10.8. The van der Waals surface area contributed by atoms with Gasteiger partial charge in [0.1, 0.15) is 0 Å². The molecule has 106 valence electrons. The van der Waals surface area contributed by atoms with E-state index in [2.05, 4.69) is 34.2 Å². The van der Waals surface area contributed by atoms with Crippen LogP contribution in [-0.2, 0) is 13.0 Å². The molecule has 5 heteroatoms. The molecule has 2 aromatic carbocycles. The summed E-state index contributed by atoms with van der Waals surface area (Å²) in [6, 6.07) is 9.60. The van der Waals surface area contributed by atoms with Crippen LogP contribution in [0.3, 0.4) is 0 Å². The average molecular weight is 394 g/mol. The Balaban J connectivity index is 2.23. The lowest BCUT2D eigenvalue weighted by Gasteiger charge is -2.14. The van der Waals surface area contributed by atoms with Crippen LogP contribution in [0, 0.1) is 0 Å². The first-order valence-electron chi connectivity index (χ1n) is 6.17. The third-order valence-electron chi connectivity index (χ3n) is 3.04. The van der Waals surface area contributed by atoms with Crippen LogP contribution in [0.2, 0.25) is 15.1 Å². The average Bonchev–Trinajstić information content (AvgIpc) is 2.44. The van der Waals surface area contributed by atoms with Crippen LogP contribution in [0.4, 0.5) is 5.69 Å². The predicted molar refractivity (Wildman–Crippen MR) is 92.3 cm³/mol. The number of benzene rings is 2. The normalized spacial score (nSPS) is 10.7. The maximum atomic E-state index is 6.20. The summed E-state index contributed by atoms with van der Waals surface area (Å²) in [5, 5.41) is 5.00. The van der Waals surface area contributed by atoms with Crippen molar-refractivity contribution >= 4 is 56.4 Å². The summed E-state index contributed by atoms with van der Waals surface area (Å²) in [5.41, 5.74) is 3.11. The summed E-state index contributed by atoms with van der Waals surface area (Å²) in [4.78, 5) is 0. The van der Waals surface area contributed by atoms with Crippen molar-refractivity contribution in [3.63, 3.8) is 0 Å². The third-order valence-corrected chi connectivity index (χ3v) is 4.73. The third kappa shape index (κ3) is 3.62. The summed E-state index contributed by atoms with van der Waals surface area (Å²) in [7, 11) is 0. The van der Waals surface area contributed by atoms with Crippen molar-refractivity contribution in [3.8, 4) is 0 Å². The first kappa shape index (κ1) is 16.0. The van der Waals surface area contributed by atoms with Crippen LogP contribution in [0.1, 0.15) is 18.1 Å². The molecule has 0 bridgehead atoms. The topological polar surface area (TPSA) is 12.0 Å². The fourth-order valence-corrected chi connectivity index (χ4v) is 3.03. The second kappa shape index (κ2) is 7.04. The van der Waals surface area contributed by atoms with Crippen molar-refractivity contribution in [2.75, 3.05) is 5.32 Å². The summed E-state index contributed by atoms with van der Waals surface area (Å²) < 4.78 is 1.07. The molecule has 0 saturated heterocycles. The highest BCUT2D eigenvalue weighted by atomic mass is 79.9. The van der Waals surface area contributed by atoms with Crippen LogP contribution in [0.15, 0.2) is 34.8 Å². The first-order chi connectivity index (χ1) is 9.52. The molecule has 0 heterocycles. The molecule has 0 unspecified atom stereocenters. The number of rotatable bonds is 4. The number of nitrogens with one attached hydrogen (secondary N) is 1. The second-order valence-corrected chi connectivity index (χ2v) is 6.44. The van der Waals surface area contributed by atoms with Crippen LogP contribution >= 0.6 is 50.7 Å². The molecule has 0 amide bonds. The highest BCUT2D eigenvalue weighted by Gasteiger charge is 2.10. The van der Waals surface area contributed by atoms with Gasteiger partial charge in [0.2, 0.25) is 0 Å². The van der Waals surface area contributed by atoms with Crippen LogP contribution in [0.25, 0.3) is 0 Å². The Hall–Kier alpha value is -0.410. The lowest BCUT2D eigenvalue weighted by molar-refractivity contribution is 1.09. The van der Waals surface area contributed by atoms with E-state index in [-0.39, 0.29) is 0 Å². The molecule has 1 nitrogen and oxygen atoms in total. The minimum Gasteiger partial charge on any atom is -0.381 e. The lowest BCUT2D eigenvalue weighted by atomic mass is 10.1. The molecular weight excluding hydrogens is 380 g/mol. The molecule has 0 radical (unpaired) electrons. The van der Waals surface area contributed by atoms with E-state index in [9.17, 15) is 0 Å². The molecule has 0 aromatic heterocycles. The van der Waals surface area contributed by atoms with Crippen molar-refractivity contribution in [2.45, 2.75) is 19.9 Å². The molecule has 0 saturated carbocycles. The fraction of sp³-hybridized carbons (Fsp3) is 0.200. The SMILES string of the molecule is CCc1cc(Br)ccc1NCc1c(Cl)ccc(Cl)c1Cl. The molecular formula is C15H13BrCl3N. The number of hydrogen-bond donors (Lipinski definition) is 1. The zero-order chi connectivity index (χ0) is 14.7. The molecule has 20 heavy (non-hydrogen) atoms. The molecule has 0 aliphatic carbocycles. The van der Waals surface area contributed by atoms with Gasteiger partial charge in [-0.2, -0.15) is 0 Å². The summed E-state index contributed by atoms with van der Waals surface area (Å²) in [6.07, 6.45) is 0.943. The van der Waals surface area contributed by atoms with E-state index in [4.69, 9.17) is 34.8 Å². The fourth-order valence-electron chi connectivity index (χ4n) is 1.94.